The van der Waals surface area contributed by atoms with Crippen LogP contribution in [0.15, 0.2) is 48.5 Å². The van der Waals surface area contributed by atoms with Crippen LogP contribution in [0.4, 0.5) is 10.5 Å². The summed E-state index contributed by atoms with van der Waals surface area (Å²) in [6.07, 6.45) is -1.32. The number of esters is 1. The number of halogens is 1. The summed E-state index contributed by atoms with van der Waals surface area (Å²) < 4.78 is 5.30. The lowest BCUT2D eigenvalue weighted by atomic mass is 10.1. The van der Waals surface area contributed by atoms with E-state index in [0.717, 1.165) is 0 Å². The molecule has 0 spiro atoms. The Bertz CT molecular complexity index is 796. The number of carbonyl (C=O) groups excluding carboxylic acids is 3. The number of nitrogens with one attached hydrogen (secondary N) is 2. The quantitative estimate of drug-likeness (QED) is 0.571. The summed E-state index contributed by atoms with van der Waals surface area (Å²) in [5.41, 5.74) is 6.36. The average Bonchev–Trinajstić information content (AvgIpc) is 2.59. The van der Waals surface area contributed by atoms with Crippen molar-refractivity contribution in [3.63, 3.8) is 0 Å². The zero-order chi connectivity index (χ0) is 18.4. The third-order valence-corrected chi connectivity index (χ3v) is 3.50. The summed E-state index contributed by atoms with van der Waals surface area (Å²) >= 11 is 5.81. The van der Waals surface area contributed by atoms with Crippen LogP contribution in [0.3, 0.4) is 0 Å². The van der Waals surface area contributed by atoms with Gasteiger partial charge in [0.25, 0.3) is 5.91 Å². The van der Waals surface area contributed by atoms with E-state index < -0.39 is 24.0 Å². The van der Waals surface area contributed by atoms with Gasteiger partial charge in [-0.2, -0.15) is 0 Å². The predicted molar refractivity (Wildman–Crippen MR) is 93.1 cm³/mol. The Labute approximate surface area is 149 Å². The molecule has 2 rings (SSSR count). The first-order valence-electron chi connectivity index (χ1n) is 7.26. The van der Waals surface area contributed by atoms with Crippen LogP contribution in [-0.4, -0.2) is 25.0 Å². The second-order valence-corrected chi connectivity index (χ2v) is 5.43. The third-order valence-electron chi connectivity index (χ3n) is 3.26. The Balaban J connectivity index is 2.28. The fourth-order valence-corrected chi connectivity index (χ4v) is 2.21. The van der Waals surface area contributed by atoms with Gasteiger partial charge in [-0.05, 0) is 18.2 Å². The minimum atomic E-state index is -1.32. The van der Waals surface area contributed by atoms with Gasteiger partial charge in [0.1, 0.15) is 0 Å². The molecule has 1 atom stereocenters. The molecule has 0 saturated carbocycles. The number of nitrogens with two attached hydrogens (primary N) is 1. The van der Waals surface area contributed by atoms with Gasteiger partial charge in [-0.1, -0.05) is 41.9 Å². The number of carbonyl (C=O) groups is 3. The van der Waals surface area contributed by atoms with Gasteiger partial charge >= 0.3 is 12.0 Å². The largest absolute Gasteiger partial charge is 0.444 e. The van der Waals surface area contributed by atoms with Gasteiger partial charge < -0.3 is 15.8 Å². The normalized spacial score (nSPS) is 11.3. The maximum atomic E-state index is 12.4. The van der Waals surface area contributed by atoms with Crippen molar-refractivity contribution in [2.45, 2.75) is 6.10 Å². The zero-order valence-electron chi connectivity index (χ0n) is 13.3. The minimum absolute atomic E-state index is 0.0677. The van der Waals surface area contributed by atoms with E-state index in [9.17, 15) is 14.4 Å². The first kappa shape index (κ1) is 18.3. The summed E-state index contributed by atoms with van der Waals surface area (Å²) in [6.45, 7) is 0. The Morgan fingerprint density at radius 1 is 1.12 bits per heavy atom. The molecule has 0 aliphatic heterocycles. The molecule has 0 aliphatic carbocycles. The van der Waals surface area contributed by atoms with E-state index in [1.807, 2.05) is 0 Å². The standard InChI is InChI=1S/C17H16ClN3O4/c1-20-17(24)21-15(22)14(10-5-3-2-4-6-10)25-16(23)12-8-7-11(18)9-13(12)19/h2-9,14H,19H2,1H3,(H2,20,21,22,24)/t14-/m1/s1. The first-order valence-corrected chi connectivity index (χ1v) is 7.63. The molecule has 0 aromatic heterocycles. The topological polar surface area (TPSA) is 111 Å². The van der Waals surface area contributed by atoms with Crippen molar-refractivity contribution in [2.75, 3.05) is 12.8 Å². The summed E-state index contributed by atoms with van der Waals surface area (Å²) in [7, 11) is 1.36. The molecular formula is C17H16ClN3O4. The third kappa shape index (κ3) is 4.71. The SMILES string of the molecule is CNC(=O)NC(=O)[C@H](OC(=O)c1ccc(Cl)cc1N)c1ccccc1. The molecule has 0 fully saturated rings. The summed E-state index contributed by atoms with van der Waals surface area (Å²) in [5.74, 6) is -1.60. The first-order chi connectivity index (χ1) is 11.9. The Morgan fingerprint density at radius 3 is 2.40 bits per heavy atom. The van der Waals surface area contributed by atoms with Gasteiger partial charge in [-0.3, -0.25) is 10.1 Å². The molecular weight excluding hydrogens is 346 g/mol. The highest BCUT2D eigenvalue weighted by molar-refractivity contribution is 6.31. The maximum Gasteiger partial charge on any atom is 0.341 e. The number of nitrogen functional groups attached to an aromatic ring is 1. The molecule has 0 unspecified atom stereocenters. The molecule has 0 bridgehead atoms. The number of ether oxygens (including phenoxy) is 1. The number of amides is 3. The maximum absolute atomic E-state index is 12.4. The molecule has 0 aliphatic rings. The molecule has 2 aromatic rings. The molecule has 2 aromatic carbocycles. The second-order valence-electron chi connectivity index (χ2n) is 5.00. The van der Waals surface area contributed by atoms with E-state index >= 15 is 0 Å². The van der Waals surface area contributed by atoms with Crippen LogP contribution in [0.5, 0.6) is 0 Å². The number of anilines is 1. The lowest BCUT2D eigenvalue weighted by Crippen LogP contribution is -2.41. The highest BCUT2D eigenvalue weighted by atomic mass is 35.5. The smallest absolute Gasteiger partial charge is 0.341 e. The highest BCUT2D eigenvalue weighted by Crippen LogP contribution is 2.23. The number of rotatable bonds is 4. The van der Waals surface area contributed by atoms with Gasteiger partial charge in [-0.15, -0.1) is 0 Å². The summed E-state index contributed by atoms with van der Waals surface area (Å²) in [4.78, 5) is 36.1. The molecule has 0 saturated heterocycles. The van der Waals surface area contributed by atoms with Gasteiger partial charge in [0, 0.05) is 23.3 Å². The van der Waals surface area contributed by atoms with E-state index in [0.29, 0.717) is 10.6 Å². The lowest BCUT2D eigenvalue weighted by Gasteiger charge is -2.18. The van der Waals surface area contributed by atoms with Crippen molar-refractivity contribution < 1.29 is 19.1 Å². The van der Waals surface area contributed by atoms with Gasteiger partial charge in [-0.25, -0.2) is 9.59 Å². The van der Waals surface area contributed by atoms with Crippen LogP contribution in [-0.2, 0) is 9.53 Å². The summed E-state index contributed by atoms with van der Waals surface area (Å²) in [5, 5.41) is 4.71. The van der Waals surface area contributed by atoms with Crippen molar-refractivity contribution in [3.8, 4) is 0 Å². The van der Waals surface area contributed by atoms with Gasteiger partial charge in [0.2, 0.25) is 6.10 Å². The van der Waals surface area contributed by atoms with E-state index in [1.165, 1.54) is 25.2 Å². The fourth-order valence-electron chi connectivity index (χ4n) is 2.03. The lowest BCUT2D eigenvalue weighted by molar-refractivity contribution is -0.129. The fraction of sp³-hybridized carbons (Fsp3) is 0.118. The Kier molecular flexibility index (Phi) is 5.97. The Morgan fingerprint density at radius 2 is 1.80 bits per heavy atom. The highest BCUT2D eigenvalue weighted by Gasteiger charge is 2.27. The molecule has 0 heterocycles. The number of benzene rings is 2. The van der Waals surface area contributed by atoms with Crippen molar-refractivity contribution in [3.05, 3.63) is 64.7 Å². The molecule has 0 radical (unpaired) electrons. The molecule has 8 heteroatoms. The molecule has 4 N–H and O–H groups in total. The molecule has 7 nitrogen and oxygen atoms in total. The molecule has 25 heavy (non-hydrogen) atoms. The van der Waals surface area contributed by atoms with E-state index in [1.54, 1.807) is 30.3 Å². The van der Waals surface area contributed by atoms with Crippen LogP contribution in [0, 0.1) is 0 Å². The predicted octanol–water partition coefficient (Wildman–Crippen LogP) is 2.28. The molecule has 130 valence electrons. The van der Waals surface area contributed by atoms with Crippen LogP contribution in [0.1, 0.15) is 22.0 Å². The second kappa shape index (κ2) is 8.16. The van der Waals surface area contributed by atoms with Crippen LogP contribution in [0.25, 0.3) is 0 Å². The summed E-state index contributed by atoms with van der Waals surface area (Å²) in [6, 6.07) is 11.9. The zero-order valence-corrected chi connectivity index (χ0v) is 14.0. The monoisotopic (exact) mass is 361 g/mol. The van der Waals surface area contributed by atoms with Crippen LogP contribution >= 0.6 is 11.6 Å². The van der Waals surface area contributed by atoms with Crippen molar-refractivity contribution in [2.24, 2.45) is 0 Å². The average molecular weight is 362 g/mol. The minimum Gasteiger partial charge on any atom is -0.444 e. The van der Waals surface area contributed by atoms with E-state index in [4.69, 9.17) is 22.1 Å². The Hall–Kier alpha value is -3.06. The van der Waals surface area contributed by atoms with Crippen LogP contribution < -0.4 is 16.4 Å². The number of imide groups is 1. The van der Waals surface area contributed by atoms with Crippen molar-refractivity contribution in [1.82, 2.24) is 10.6 Å². The van der Waals surface area contributed by atoms with Crippen LogP contribution in [0.2, 0.25) is 5.02 Å². The molecule has 3 amide bonds. The number of hydrogen-bond donors (Lipinski definition) is 3. The number of urea groups is 1. The van der Waals surface area contributed by atoms with Crippen molar-refractivity contribution in [1.29, 1.82) is 0 Å². The van der Waals surface area contributed by atoms with Gasteiger partial charge in [0.05, 0.1) is 5.56 Å². The van der Waals surface area contributed by atoms with E-state index in [2.05, 4.69) is 10.6 Å². The number of hydrogen-bond acceptors (Lipinski definition) is 5. The van der Waals surface area contributed by atoms with Gasteiger partial charge in [0.15, 0.2) is 0 Å². The van der Waals surface area contributed by atoms with E-state index in [-0.39, 0.29) is 11.3 Å². The van der Waals surface area contributed by atoms with Crippen molar-refractivity contribution >= 4 is 35.2 Å².